The number of ketones is 1. The van der Waals surface area contributed by atoms with Crippen molar-refractivity contribution in [3.63, 3.8) is 0 Å². The molecule has 0 spiro atoms. The van der Waals surface area contributed by atoms with E-state index in [0.717, 1.165) is 24.6 Å². The standard InChI is InChI=1S/C16H15N5O5S/c1-7-9(4-5-25-7)14-19-20-16(26-14)27-6-10(22)11-12(17)21(8-2-3-8)15(24)18-13(11)23/h4-5,8H,2-3,6,17H2,1H3,(H,18,23,24). The summed E-state index contributed by atoms with van der Waals surface area (Å²) in [6.45, 7) is 1.76. The van der Waals surface area contributed by atoms with Crippen molar-refractivity contribution in [1.82, 2.24) is 19.7 Å². The number of furan rings is 1. The van der Waals surface area contributed by atoms with Gasteiger partial charge in [0.1, 0.15) is 17.1 Å². The normalized spacial score (nSPS) is 13.8. The average Bonchev–Trinajstić information content (AvgIpc) is 3.16. The molecule has 11 heteroatoms. The Balaban J connectivity index is 1.53. The number of hydrogen-bond donors (Lipinski definition) is 2. The molecule has 3 aromatic heterocycles. The van der Waals surface area contributed by atoms with Crippen molar-refractivity contribution in [1.29, 1.82) is 0 Å². The Morgan fingerprint density at radius 3 is 2.85 bits per heavy atom. The van der Waals surface area contributed by atoms with Crippen LogP contribution in [0.1, 0.15) is 35.0 Å². The van der Waals surface area contributed by atoms with E-state index >= 15 is 0 Å². The Bertz CT molecular complexity index is 1140. The second kappa shape index (κ2) is 6.58. The summed E-state index contributed by atoms with van der Waals surface area (Å²) in [5.41, 5.74) is 4.99. The minimum Gasteiger partial charge on any atom is -0.469 e. The molecule has 0 bridgehead atoms. The quantitative estimate of drug-likeness (QED) is 0.470. The van der Waals surface area contributed by atoms with E-state index in [4.69, 9.17) is 14.6 Å². The fourth-order valence-corrected chi connectivity index (χ4v) is 3.35. The number of nitrogen functional groups attached to an aromatic ring is 1. The highest BCUT2D eigenvalue weighted by Gasteiger charge is 2.30. The summed E-state index contributed by atoms with van der Waals surface area (Å²) in [6.07, 6.45) is 3.09. The lowest BCUT2D eigenvalue weighted by Gasteiger charge is -2.10. The molecule has 140 valence electrons. The van der Waals surface area contributed by atoms with E-state index in [1.807, 2.05) is 0 Å². The number of aromatic amines is 1. The first kappa shape index (κ1) is 17.3. The van der Waals surface area contributed by atoms with E-state index in [1.54, 1.807) is 13.0 Å². The summed E-state index contributed by atoms with van der Waals surface area (Å²) >= 11 is 0.983. The van der Waals surface area contributed by atoms with Gasteiger partial charge in [-0.15, -0.1) is 10.2 Å². The van der Waals surface area contributed by atoms with Crippen molar-refractivity contribution < 1.29 is 13.6 Å². The van der Waals surface area contributed by atoms with Gasteiger partial charge >= 0.3 is 5.69 Å². The van der Waals surface area contributed by atoms with E-state index in [2.05, 4.69) is 15.2 Å². The number of hydrogen-bond acceptors (Lipinski definition) is 9. The van der Waals surface area contributed by atoms with E-state index in [9.17, 15) is 14.4 Å². The van der Waals surface area contributed by atoms with E-state index in [1.165, 1.54) is 10.8 Å². The Kier molecular flexibility index (Phi) is 4.22. The van der Waals surface area contributed by atoms with Crippen molar-refractivity contribution in [3.8, 4) is 11.5 Å². The van der Waals surface area contributed by atoms with Crippen LogP contribution < -0.4 is 17.0 Å². The first-order chi connectivity index (χ1) is 13.0. The number of Topliss-reactive ketones (excluding diaryl/α,β-unsaturated/α-hetero) is 1. The number of thioether (sulfide) groups is 1. The van der Waals surface area contributed by atoms with Crippen LogP contribution in [0.25, 0.3) is 11.5 Å². The number of rotatable bonds is 6. The summed E-state index contributed by atoms with van der Waals surface area (Å²) in [6, 6.07) is 1.63. The van der Waals surface area contributed by atoms with Gasteiger partial charge in [-0.25, -0.2) is 4.79 Å². The summed E-state index contributed by atoms with van der Waals surface area (Å²) < 4.78 is 12.0. The van der Waals surface area contributed by atoms with Gasteiger partial charge in [-0.05, 0) is 25.8 Å². The average molecular weight is 389 g/mol. The van der Waals surface area contributed by atoms with Crippen molar-refractivity contribution >= 4 is 23.4 Å². The maximum Gasteiger partial charge on any atom is 0.330 e. The zero-order chi connectivity index (χ0) is 19.1. The molecule has 10 nitrogen and oxygen atoms in total. The third-order valence-electron chi connectivity index (χ3n) is 4.20. The molecule has 4 rings (SSSR count). The lowest BCUT2D eigenvalue weighted by Crippen LogP contribution is -2.36. The predicted octanol–water partition coefficient (Wildman–Crippen LogP) is 1.38. The van der Waals surface area contributed by atoms with E-state index < -0.39 is 17.0 Å². The molecule has 0 unspecified atom stereocenters. The lowest BCUT2D eigenvalue weighted by molar-refractivity contribution is 0.102. The summed E-state index contributed by atoms with van der Waals surface area (Å²) in [7, 11) is 0. The van der Waals surface area contributed by atoms with Gasteiger partial charge in [-0.3, -0.25) is 19.1 Å². The molecule has 0 aliphatic heterocycles. The first-order valence-electron chi connectivity index (χ1n) is 8.14. The highest BCUT2D eigenvalue weighted by atomic mass is 32.2. The number of nitrogens with one attached hydrogen (secondary N) is 1. The highest BCUT2D eigenvalue weighted by Crippen LogP contribution is 2.35. The second-order valence-electron chi connectivity index (χ2n) is 6.10. The SMILES string of the molecule is Cc1occc1-c1nnc(SCC(=O)c2c(N)n(C3CC3)c(=O)[nH]c2=O)o1. The van der Waals surface area contributed by atoms with Gasteiger partial charge < -0.3 is 14.6 Å². The minimum atomic E-state index is -0.791. The van der Waals surface area contributed by atoms with Gasteiger partial charge in [0.15, 0.2) is 5.78 Å². The van der Waals surface area contributed by atoms with Crippen LogP contribution in [0.2, 0.25) is 0 Å². The number of nitrogens with zero attached hydrogens (tertiary/aromatic N) is 3. The molecule has 3 N–H and O–H groups in total. The van der Waals surface area contributed by atoms with Crippen LogP contribution in [-0.4, -0.2) is 31.3 Å². The summed E-state index contributed by atoms with van der Waals surface area (Å²) in [5, 5.41) is 7.96. The number of carbonyl (C=O) groups is 1. The zero-order valence-electron chi connectivity index (χ0n) is 14.2. The molecular weight excluding hydrogens is 374 g/mol. The summed E-state index contributed by atoms with van der Waals surface area (Å²) in [5.74, 6) is 0.149. The Morgan fingerprint density at radius 2 is 2.19 bits per heavy atom. The van der Waals surface area contributed by atoms with E-state index in [-0.39, 0.29) is 34.3 Å². The molecule has 1 aliphatic rings. The van der Waals surface area contributed by atoms with Crippen molar-refractivity contribution in [3.05, 3.63) is 44.5 Å². The van der Waals surface area contributed by atoms with Crippen LogP contribution in [0.4, 0.5) is 5.82 Å². The van der Waals surface area contributed by atoms with Gasteiger partial charge in [-0.2, -0.15) is 0 Å². The van der Waals surface area contributed by atoms with Gasteiger partial charge in [0.25, 0.3) is 16.7 Å². The van der Waals surface area contributed by atoms with Crippen molar-refractivity contribution in [2.75, 3.05) is 11.5 Å². The minimum absolute atomic E-state index is 0.0646. The maximum atomic E-state index is 12.5. The third kappa shape index (κ3) is 3.21. The topological polar surface area (TPSA) is 150 Å². The van der Waals surface area contributed by atoms with Crippen LogP contribution in [0.5, 0.6) is 0 Å². The maximum absolute atomic E-state index is 12.5. The number of carbonyl (C=O) groups excluding carboxylic acids is 1. The number of aryl methyl sites for hydroxylation is 1. The zero-order valence-corrected chi connectivity index (χ0v) is 15.0. The first-order valence-corrected chi connectivity index (χ1v) is 9.12. The van der Waals surface area contributed by atoms with Gasteiger partial charge in [-0.1, -0.05) is 11.8 Å². The van der Waals surface area contributed by atoms with Gasteiger partial charge in [0, 0.05) is 6.04 Å². The van der Waals surface area contributed by atoms with Gasteiger partial charge in [0.05, 0.1) is 17.6 Å². The smallest absolute Gasteiger partial charge is 0.330 e. The predicted molar refractivity (Wildman–Crippen MR) is 95.8 cm³/mol. The molecule has 0 aromatic carbocycles. The molecule has 3 aromatic rings. The molecule has 0 atom stereocenters. The van der Waals surface area contributed by atoms with Crippen LogP contribution in [0.15, 0.2) is 36.0 Å². The Labute approximate surface area is 155 Å². The number of H-pyrrole nitrogens is 1. The largest absolute Gasteiger partial charge is 0.469 e. The molecule has 0 saturated heterocycles. The Hall–Kier alpha value is -3.08. The van der Waals surface area contributed by atoms with Crippen LogP contribution in [0, 0.1) is 6.92 Å². The van der Waals surface area contributed by atoms with Crippen molar-refractivity contribution in [2.24, 2.45) is 0 Å². The lowest BCUT2D eigenvalue weighted by atomic mass is 10.2. The fourth-order valence-electron chi connectivity index (χ4n) is 2.71. The molecule has 1 saturated carbocycles. The number of anilines is 1. The molecule has 0 radical (unpaired) electrons. The summed E-state index contributed by atoms with van der Waals surface area (Å²) in [4.78, 5) is 38.6. The van der Waals surface area contributed by atoms with E-state index in [0.29, 0.717) is 11.3 Å². The highest BCUT2D eigenvalue weighted by molar-refractivity contribution is 7.99. The fraction of sp³-hybridized carbons (Fsp3) is 0.312. The molecule has 1 fully saturated rings. The second-order valence-corrected chi connectivity index (χ2v) is 7.02. The number of aromatic nitrogens is 4. The molecule has 27 heavy (non-hydrogen) atoms. The van der Waals surface area contributed by atoms with Crippen molar-refractivity contribution in [2.45, 2.75) is 31.0 Å². The Morgan fingerprint density at radius 1 is 1.41 bits per heavy atom. The van der Waals surface area contributed by atoms with Crippen LogP contribution >= 0.6 is 11.8 Å². The van der Waals surface area contributed by atoms with Crippen LogP contribution in [-0.2, 0) is 0 Å². The van der Waals surface area contributed by atoms with Gasteiger partial charge in [0.2, 0.25) is 0 Å². The molecule has 0 amide bonds. The third-order valence-corrected chi connectivity index (χ3v) is 5.01. The molecular formula is C16H15N5O5S. The monoisotopic (exact) mass is 389 g/mol. The number of nitrogens with two attached hydrogens (primary N) is 1. The molecule has 1 aliphatic carbocycles. The van der Waals surface area contributed by atoms with Crippen LogP contribution in [0.3, 0.4) is 0 Å². The molecule has 3 heterocycles.